The number of ether oxygens (including phenoxy) is 1. The van der Waals surface area contributed by atoms with Gasteiger partial charge >= 0.3 is 0 Å². The molecule has 0 unspecified atom stereocenters. The van der Waals surface area contributed by atoms with E-state index in [1.165, 1.54) is 18.4 Å². The van der Waals surface area contributed by atoms with E-state index in [4.69, 9.17) is 4.74 Å². The Hall–Kier alpha value is -2.82. The second-order valence-electron chi connectivity index (χ2n) is 6.52. The quantitative estimate of drug-likeness (QED) is 0.667. The number of hydrogen-bond acceptors (Lipinski definition) is 4. The zero-order chi connectivity index (χ0) is 17.2. The highest BCUT2D eigenvalue weighted by Gasteiger charge is 2.25. The molecule has 4 rings (SSSR count). The van der Waals surface area contributed by atoms with Crippen LogP contribution in [0, 0.1) is 5.92 Å². The standard InChI is InChI=1S/C20H22N4O/c1-14(16-9-10-16)11-18-22-20-8-4-7-19(24(20)23-18)21-13-15-5-3-6-17(12-15)25-2/h3-8,12,16,21H,1,9-11,13H2,2H3. The van der Waals surface area contributed by atoms with E-state index in [0.29, 0.717) is 12.5 Å². The lowest BCUT2D eigenvalue weighted by molar-refractivity contribution is 0.414. The molecule has 0 spiro atoms. The van der Waals surface area contributed by atoms with Gasteiger partial charge in [0, 0.05) is 13.0 Å². The minimum Gasteiger partial charge on any atom is -0.497 e. The maximum atomic E-state index is 5.28. The Bertz CT molecular complexity index is 911. The number of nitrogens with one attached hydrogen (secondary N) is 1. The van der Waals surface area contributed by atoms with Crippen LogP contribution in [0.3, 0.4) is 0 Å². The van der Waals surface area contributed by atoms with Gasteiger partial charge in [0.2, 0.25) is 0 Å². The minimum absolute atomic E-state index is 0.678. The molecule has 1 saturated carbocycles. The van der Waals surface area contributed by atoms with E-state index in [0.717, 1.165) is 35.0 Å². The highest BCUT2D eigenvalue weighted by atomic mass is 16.5. The van der Waals surface area contributed by atoms with Gasteiger partial charge in [-0.1, -0.05) is 30.4 Å². The SMILES string of the molecule is C=C(Cc1nc2cccc(NCc3cccc(OC)c3)n2n1)C1CC1. The van der Waals surface area contributed by atoms with E-state index in [1.807, 2.05) is 40.9 Å². The smallest absolute Gasteiger partial charge is 0.158 e. The average molecular weight is 334 g/mol. The van der Waals surface area contributed by atoms with Crippen LogP contribution in [0.4, 0.5) is 5.82 Å². The Labute approximate surface area is 147 Å². The van der Waals surface area contributed by atoms with E-state index < -0.39 is 0 Å². The van der Waals surface area contributed by atoms with Crippen LogP contribution < -0.4 is 10.1 Å². The number of benzene rings is 1. The van der Waals surface area contributed by atoms with Crippen LogP contribution in [0.1, 0.15) is 24.2 Å². The highest BCUT2D eigenvalue weighted by Crippen LogP contribution is 2.36. The molecule has 1 N–H and O–H groups in total. The van der Waals surface area contributed by atoms with Gasteiger partial charge in [-0.05, 0) is 48.6 Å². The lowest BCUT2D eigenvalue weighted by Gasteiger charge is -2.09. The topological polar surface area (TPSA) is 51.5 Å². The molecule has 1 fully saturated rings. The molecule has 0 saturated heterocycles. The maximum Gasteiger partial charge on any atom is 0.158 e. The number of fused-ring (bicyclic) bond motifs is 1. The molecule has 0 radical (unpaired) electrons. The third-order valence-corrected chi connectivity index (χ3v) is 4.55. The van der Waals surface area contributed by atoms with Gasteiger partial charge < -0.3 is 10.1 Å². The molecule has 5 heteroatoms. The number of anilines is 1. The summed E-state index contributed by atoms with van der Waals surface area (Å²) in [4.78, 5) is 4.64. The van der Waals surface area contributed by atoms with Gasteiger partial charge in [-0.25, -0.2) is 4.98 Å². The fraction of sp³-hybridized carbons (Fsp3) is 0.300. The number of nitrogens with zero attached hydrogens (tertiary/aromatic N) is 3. The Kier molecular flexibility index (Phi) is 4.14. The summed E-state index contributed by atoms with van der Waals surface area (Å²) >= 11 is 0. The van der Waals surface area contributed by atoms with Crippen LogP contribution in [0.5, 0.6) is 5.75 Å². The van der Waals surface area contributed by atoms with Crippen molar-refractivity contribution in [1.82, 2.24) is 14.6 Å². The number of rotatable bonds is 7. The van der Waals surface area contributed by atoms with Crippen LogP contribution in [-0.2, 0) is 13.0 Å². The molecule has 128 valence electrons. The number of pyridine rings is 1. The first kappa shape index (κ1) is 15.7. The van der Waals surface area contributed by atoms with Crippen molar-refractivity contribution in [2.75, 3.05) is 12.4 Å². The van der Waals surface area contributed by atoms with Gasteiger partial charge in [-0.2, -0.15) is 4.52 Å². The van der Waals surface area contributed by atoms with Gasteiger partial charge in [-0.15, -0.1) is 5.10 Å². The molecule has 1 aliphatic carbocycles. The van der Waals surface area contributed by atoms with Gasteiger partial charge in [0.15, 0.2) is 11.5 Å². The minimum atomic E-state index is 0.678. The molecule has 2 heterocycles. The molecule has 0 atom stereocenters. The van der Waals surface area contributed by atoms with Crippen LogP contribution in [0.15, 0.2) is 54.6 Å². The molecular weight excluding hydrogens is 312 g/mol. The van der Waals surface area contributed by atoms with Crippen molar-refractivity contribution in [3.8, 4) is 5.75 Å². The summed E-state index contributed by atoms with van der Waals surface area (Å²) in [5.41, 5.74) is 3.26. The van der Waals surface area contributed by atoms with E-state index in [1.54, 1.807) is 7.11 Å². The van der Waals surface area contributed by atoms with Crippen molar-refractivity contribution in [3.05, 3.63) is 66.0 Å². The second kappa shape index (κ2) is 6.59. The number of methoxy groups -OCH3 is 1. The van der Waals surface area contributed by atoms with Crippen molar-refractivity contribution in [1.29, 1.82) is 0 Å². The van der Waals surface area contributed by atoms with Crippen LogP contribution in [0.25, 0.3) is 5.65 Å². The molecule has 0 amide bonds. The molecule has 2 aromatic heterocycles. The number of allylic oxidation sites excluding steroid dienone is 1. The molecule has 5 nitrogen and oxygen atoms in total. The first-order chi connectivity index (χ1) is 12.2. The highest BCUT2D eigenvalue weighted by molar-refractivity contribution is 5.49. The van der Waals surface area contributed by atoms with E-state index in [-0.39, 0.29) is 0 Å². The summed E-state index contributed by atoms with van der Waals surface area (Å²) < 4.78 is 7.15. The summed E-state index contributed by atoms with van der Waals surface area (Å²) in [5, 5.41) is 8.11. The second-order valence-corrected chi connectivity index (χ2v) is 6.52. The number of aromatic nitrogens is 3. The number of hydrogen-bond donors (Lipinski definition) is 1. The van der Waals surface area contributed by atoms with Crippen molar-refractivity contribution in [2.45, 2.75) is 25.8 Å². The Morgan fingerprint density at radius 2 is 2.12 bits per heavy atom. The normalized spacial score (nSPS) is 13.8. The Morgan fingerprint density at radius 3 is 2.92 bits per heavy atom. The third kappa shape index (κ3) is 3.50. The van der Waals surface area contributed by atoms with E-state index >= 15 is 0 Å². The third-order valence-electron chi connectivity index (χ3n) is 4.55. The Morgan fingerprint density at radius 1 is 1.28 bits per heavy atom. The van der Waals surface area contributed by atoms with Crippen molar-refractivity contribution in [3.63, 3.8) is 0 Å². The molecule has 0 aliphatic heterocycles. The molecule has 0 bridgehead atoms. The van der Waals surface area contributed by atoms with E-state index in [2.05, 4.69) is 28.0 Å². The van der Waals surface area contributed by atoms with Crippen molar-refractivity contribution in [2.24, 2.45) is 5.92 Å². The van der Waals surface area contributed by atoms with Crippen LogP contribution in [-0.4, -0.2) is 21.7 Å². The molecule has 3 aromatic rings. The summed E-state index contributed by atoms with van der Waals surface area (Å²) in [6.07, 6.45) is 3.29. The first-order valence-corrected chi connectivity index (χ1v) is 8.62. The average Bonchev–Trinajstić information content (AvgIpc) is 3.40. The van der Waals surface area contributed by atoms with E-state index in [9.17, 15) is 0 Å². The predicted molar refractivity (Wildman–Crippen MR) is 98.9 cm³/mol. The molecule has 25 heavy (non-hydrogen) atoms. The summed E-state index contributed by atoms with van der Waals surface area (Å²) in [6, 6.07) is 14.0. The zero-order valence-corrected chi connectivity index (χ0v) is 14.4. The fourth-order valence-electron chi connectivity index (χ4n) is 2.97. The van der Waals surface area contributed by atoms with Crippen LogP contribution >= 0.6 is 0 Å². The van der Waals surface area contributed by atoms with Gasteiger partial charge in [0.25, 0.3) is 0 Å². The fourth-order valence-corrected chi connectivity index (χ4v) is 2.97. The lowest BCUT2D eigenvalue weighted by Crippen LogP contribution is -2.05. The maximum absolute atomic E-state index is 5.28. The molecule has 1 aliphatic rings. The van der Waals surface area contributed by atoms with Gasteiger partial charge in [0.1, 0.15) is 11.6 Å². The van der Waals surface area contributed by atoms with Gasteiger partial charge in [-0.3, -0.25) is 0 Å². The summed E-state index contributed by atoms with van der Waals surface area (Å²) in [5.74, 6) is 3.31. The first-order valence-electron chi connectivity index (χ1n) is 8.62. The lowest BCUT2D eigenvalue weighted by atomic mass is 10.1. The van der Waals surface area contributed by atoms with Crippen molar-refractivity contribution >= 4 is 11.5 Å². The monoisotopic (exact) mass is 334 g/mol. The predicted octanol–water partition coefficient (Wildman–Crippen LogP) is 3.86. The summed E-state index contributed by atoms with van der Waals surface area (Å²) in [6.45, 7) is 4.87. The molecular formula is C20H22N4O. The van der Waals surface area contributed by atoms with Crippen molar-refractivity contribution < 1.29 is 4.74 Å². The largest absolute Gasteiger partial charge is 0.497 e. The van der Waals surface area contributed by atoms with Crippen LogP contribution in [0.2, 0.25) is 0 Å². The summed E-state index contributed by atoms with van der Waals surface area (Å²) in [7, 11) is 1.68. The molecule has 1 aromatic carbocycles. The van der Waals surface area contributed by atoms with Gasteiger partial charge in [0.05, 0.1) is 7.11 Å². The zero-order valence-electron chi connectivity index (χ0n) is 14.4. The Balaban J connectivity index is 1.52.